The van der Waals surface area contributed by atoms with E-state index < -0.39 is 5.97 Å². The molecule has 0 amide bonds. The maximum absolute atomic E-state index is 11.8. The van der Waals surface area contributed by atoms with Crippen LogP contribution in [0.1, 0.15) is 52.6 Å². The molecule has 0 unspecified atom stereocenters. The fraction of sp³-hybridized carbons (Fsp3) is 0.297. The van der Waals surface area contributed by atoms with Gasteiger partial charge in [0.05, 0.1) is 18.1 Å². The van der Waals surface area contributed by atoms with Gasteiger partial charge in [-0.25, -0.2) is 4.85 Å². The highest BCUT2D eigenvalue weighted by Crippen LogP contribution is 2.41. The highest BCUT2D eigenvalue weighted by Gasteiger charge is 2.29. The number of hydrogen-bond donors (Lipinski definition) is 1. The van der Waals surface area contributed by atoms with Crippen LogP contribution in [0.25, 0.3) is 16.0 Å². The minimum atomic E-state index is -0.745. The summed E-state index contributed by atoms with van der Waals surface area (Å²) in [7, 11) is 0. The van der Waals surface area contributed by atoms with Gasteiger partial charge in [-0.2, -0.15) is 5.26 Å². The number of rotatable bonds is 10. The van der Waals surface area contributed by atoms with Crippen LogP contribution in [0.2, 0.25) is 0 Å². The molecule has 1 aromatic heterocycles. The molecule has 3 aromatic carbocycles. The van der Waals surface area contributed by atoms with Crippen molar-refractivity contribution in [1.82, 2.24) is 9.88 Å². The molecular formula is C37H34N4O4. The first-order valence-electron chi connectivity index (χ1n) is 15.3. The Bertz CT molecular complexity index is 1790. The number of aromatic nitrogens is 1. The molecule has 8 nitrogen and oxygen atoms in total. The van der Waals surface area contributed by atoms with Gasteiger partial charge in [0.1, 0.15) is 30.8 Å². The Morgan fingerprint density at radius 3 is 2.64 bits per heavy atom. The van der Waals surface area contributed by atoms with Gasteiger partial charge in [0.15, 0.2) is 0 Å². The predicted molar refractivity (Wildman–Crippen MR) is 170 cm³/mol. The van der Waals surface area contributed by atoms with Gasteiger partial charge in [0.2, 0.25) is 5.69 Å². The second kappa shape index (κ2) is 13.6. The average molecular weight is 599 g/mol. The third-order valence-electron chi connectivity index (χ3n) is 8.71. The smallest absolute Gasteiger partial charge is 0.307 e. The molecular weight excluding hydrogens is 564 g/mol. The molecule has 2 heterocycles. The Morgan fingerprint density at radius 1 is 1.02 bits per heavy atom. The first-order chi connectivity index (χ1) is 22.0. The molecule has 1 fully saturated rings. The lowest BCUT2D eigenvalue weighted by Gasteiger charge is -2.32. The van der Waals surface area contributed by atoms with Crippen LogP contribution in [0, 0.1) is 23.8 Å². The molecule has 1 N–H and O–H groups in total. The molecule has 0 spiro atoms. The lowest BCUT2D eigenvalue weighted by molar-refractivity contribution is -0.143. The highest BCUT2D eigenvalue weighted by molar-refractivity contribution is 5.72. The minimum absolute atomic E-state index is 0.233. The molecule has 1 aliphatic carbocycles. The monoisotopic (exact) mass is 598 g/mol. The molecule has 0 saturated carbocycles. The largest absolute Gasteiger partial charge is 0.488 e. The SMILES string of the molecule is [C-]#[N+]c1cncc(COc2cc(OCc3cccc(-c4ccccc4)c3C#N)c3c(c2CN2CCC[C@@H](C(=O)O)C2)CCC3)c1. The number of nitrogens with zero attached hydrogens (tertiary/aromatic N) is 4. The van der Waals surface area contributed by atoms with Gasteiger partial charge in [-0.3, -0.25) is 14.7 Å². The van der Waals surface area contributed by atoms with Gasteiger partial charge in [0.25, 0.3) is 0 Å². The number of nitriles is 1. The van der Waals surface area contributed by atoms with Crippen molar-refractivity contribution in [2.75, 3.05) is 13.1 Å². The molecule has 1 atom stereocenters. The lowest BCUT2D eigenvalue weighted by Crippen LogP contribution is -2.38. The number of piperidine rings is 1. The van der Waals surface area contributed by atoms with E-state index in [0.717, 1.165) is 71.4 Å². The van der Waals surface area contributed by atoms with Crippen LogP contribution >= 0.6 is 0 Å². The molecule has 1 saturated heterocycles. The summed E-state index contributed by atoms with van der Waals surface area (Å²) in [6.45, 7) is 9.75. The highest BCUT2D eigenvalue weighted by atomic mass is 16.5. The fourth-order valence-corrected chi connectivity index (χ4v) is 6.49. The van der Waals surface area contributed by atoms with E-state index in [0.29, 0.717) is 36.5 Å². The first-order valence-corrected chi connectivity index (χ1v) is 15.3. The quantitative estimate of drug-likeness (QED) is 0.194. The van der Waals surface area contributed by atoms with Crippen molar-refractivity contribution in [2.45, 2.75) is 51.9 Å². The van der Waals surface area contributed by atoms with E-state index >= 15 is 0 Å². The maximum atomic E-state index is 11.8. The molecule has 6 rings (SSSR count). The molecule has 4 aromatic rings. The standard InChI is InChI=1S/C37H34N4O4/c1-39-29-16-25(19-40-20-29)23-44-36-17-35(45-24-28-10-5-12-30(33(28)18-38)26-8-3-2-4-9-26)32-14-6-13-31(32)34(36)22-41-15-7-11-27(21-41)37(42)43/h2-5,8-10,12,16-17,19-20,27H,6-7,11,13-15,21-24H2,(H,42,43)/t27-/m1/s1. The molecule has 45 heavy (non-hydrogen) atoms. The van der Waals surface area contributed by atoms with Crippen molar-refractivity contribution in [1.29, 1.82) is 5.26 Å². The summed E-state index contributed by atoms with van der Waals surface area (Å²) < 4.78 is 13.0. The fourth-order valence-electron chi connectivity index (χ4n) is 6.49. The Labute approximate surface area is 263 Å². The number of carboxylic acid groups (broad SMARTS) is 1. The maximum Gasteiger partial charge on any atom is 0.307 e. The van der Waals surface area contributed by atoms with E-state index in [-0.39, 0.29) is 19.1 Å². The van der Waals surface area contributed by atoms with Crippen molar-refractivity contribution in [2.24, 2.45) is 5.92 Å². The number of carbonyl (C=O) groups is 1. The topological polar surface area (TPSA) is 100 Å². The summed E-state index contributed by atoms with van der Waals surface area (Å²) in [6, 6.07) is 21.9. The van der Waals surface area contributed by atoms with E-state index in [1.54, 1.807) is 12.3 Å². The van der Waals surface area contributed by atoms with Crippen molar-refractivity contribution in [3.05, 3.63) is 118 Å². The Balaban J connectivity index is 1.32. The van der Waals surface area contributed by atoms with Crippen LogP contribution in [0.15, 0.2) is 73.1 Å². The number of likely N-dealkylation sites (tertiary alicyclic amines) is 1. The third kappa shape index (κ3) is 6.67. The number of benzene rings is 3. The number of aliphatic carboxylic acids is 1. The second-order valence-electron chi connectivity index (χ2n) is 11.6. The minimum Gasteiger partial charge on any atom is -0.488 e. The Morgan fingerprint density at radius 2 is 1.84 bits per heavy atom. The summed E-state index contributed by atoms with van der Waals surface area (Å²) in [6.07, 6.45) is 7.52. The van der Waals surface area contributed by atoms with Gasteiger partial charge in [0, 0.05) is 42.7 Å². The van der Waals surface area contributed by atoms with Crippen molar-refractivity contribution in [3.8, 4) is 28.7 Å². The molecule has 0 bridgehead atoms. The molecule has 1 aliphatic heterocycles. The van der Waals surface area contributed by atoms with Crippen LogP contribution in [0.5, 0.6) is 11.5 Å². The molecule has 226 valence electrons. The summed E-state index contributed by atoms with van der Waals surface area (Å²) >= 11 is 0. The van der Waals surface area contributed by atoms with Gasteiger partial charge in [-0.05, 0) is 72.5 Å². The summed E-state index contributed by atoms with van der Waals surface area (Å²) in [4.78, 5) is 21.7. The van der Waals surface area contributed by atoms with Crippen molar-refractivity contribution < 1.29 is 19.4 Å². The lowest BCUT2D eigenvalue weighted by atomic mass is 9.95. The summed E-state index contributed by atoms with van der Waals surface area (Å²) in [5, 5.41) is 19.8. The summed E-state index contributed by atoms with van der Waals surface area (Å²) in [5.74, 6) is 0.313. The van der Waals surface area contributed by atoms with Crippen molar-refractivity contribution >= 4 is 11.7 Å². The van der Waals surface area contributed by atoms with E-state index in [4.69, 9.17) is 16.0 Å². The van der Waals surface area contributed by atoms with Gasteiger partial charge >= 0.3 is 5.97 Å². The van der Waals surface area contributed by atoms with E-state index in [2.05, 4.69) is 20.8 Å². The van der Waals surface area contributed by atoms with E-state index in [1.807, 2.05) is 54.6 Å². The number of hydrogen-bond acceptors (Lipinski definition) is 6. The van der Waals surface area contributed by atoms with Gasteiger partial charge in [-0.1, -0.05) is 48.5 Å². The van der Waals surface area contributed by atoms with E-state index in [9.17, 15) is 15.2 Å². The average Bonchev–Trinajstić information content (AvgIpc) is 3.58. The van der Waals surface area contributed by atoms with E-state index in [1.165, 1.54) is 11.8 Å². The van der Waals surface area contributed by atoms with Crippen LogP contribution in [-0.2, 0) is 37.4 Å². The number of carboxylic acids is 1. The van der Waals surface area contributed by atoms with Gasteiger partial charge in [-0.15, -0.1) is 0 Å². The molecule has 8 heteroatoms. The molecule has 0 radical (unpaired) electrons. The van der Waals surface area contributed by atoms with Crippen LogP contribution in [0.3, 0.4) is 0 Å². The number of ether oxygens (including phenoxy) is 2. The zero-order valence-corrected chi connectivity index (χ0v) is 25.0. The first kappa shape index (κ1) is 29.9. The number of pyridine rings is 1. The van der Waals surface area contributed by atoms with Crippen molar-refractivity contribution in [3.63, 3.8) is 0 Å². The molecule has 2 aliphatic rings. The number of fused-ring (bicyclic) bond motifs is 1. The zero-order chi connectivity index (χ0) is 31.2. The third-order valence-corrected chi connectivity index (χ3v) is 8.71. The summed E-state index contributed by atoms with van der Waals surface area (Å²) in [5.41, 5.74) is 7.93. The van der Waals surface area contributed by atoms with Crippen LogP contribution in [-0.4, -0.2) is 34.0 Å². The second-order valence-corrected chi connectivity index (χ2v) is 11.6. The predicted octanol–water partition coefficient (Wildman–Crippen LogP) is 7.11. The van der Waals surface area contributed by atoms with Crippen LogP contribution in [0.4, 0.5) is 5.69 Å². The van der Waals surface area contributed by atoms with Gasteiger partial charge < -0.3 is 14.6 Å². The van der Waals surface area contributed by atoms with Crippen LogP contribution < -0.4 is 9.47 Å². The normalized spacial score (nSPS) is 15.9. The zero-order valence-electron chi connectivity index (χ0n) is 25.0. The Kier molecular flexibility index (Phi) is 9.05. The Hall–Kier alpha value is -5.18.